The highest BCUT2D eigenvalue weighted by molar-refractivity contribution is 5.32. The highest BCUT2D eigenvalue weighted by Gasteiger charge is 2.54. The van der Waals surface area contributed by atoms with Crippen LogP contribution >= 0.6 is 0 Å². The first-order valence-corrected chi connectivity index (χ1v) is 7.73. The molecule has 1 saturated carbocycles. The van der Waals surface area contributed by atoms with Crippen LogP contribution in [0.4, 0.5) is 0 Å². The van der Waals surface area contributed by atoms with Gasteiger partial charge in [-0.05, 0) is 55.6 Å². The maximum absolute atomic E-state index is 6.55. The summed E-state index contributed by atoms with van der Waals surface area (Å²) in [7, 11) is 0. The fourth-order valence-corrected chi connectivity index (χ4v) is 4.67. The number of hydrogen-bond donors (Lipinski definition) is 1. The summed E-state index contributed by atoms with van der Waals surface area (Å²) in [6, 6.07) is 9.02. The number of nitrogens with one attached hydrogen (secondary N) is 1. The van der Waals surface area contributed by atoms with E-state index in [1.165, 1.54) is 25.7 Å². The van der Waals surface area contributed by atoms with Crippen molar-refractivity contribution < 1.29 is 4.74 Å². The lowest BCUT2D eigenvalue weighted by atomic mass is 9.81. The van der Waals surface area contributed by atoms with Crippen molar-refractivity contribution in [1.82, 2.24) is 5.32 Å². The van der Waals surface area contributed by atoms with Gasteiger partial charge in [-0.3, -0.25) is 0 Å². The summed E-state index contributed by atoms with van der Waals surface area (Å²) >= 11 is 0. The zero-order chi connectivity index (χ0) is 12.9. The third kappa shape index (κ3) is 1.77. The van der Waals surface area contributed by atoms with Gasteiger partial charge in [0.2, 0.25) is 0 Å². The summed E-state index contributed by atoms with van der Waals surface area (Å²) < 4.78 is 6.55. The van der Waals surface area contributed by atoms with Crippen LogP contribution in [0.2, 0.25) is 0 Å². The minimum Gasteiger partial charge on any atom is -0.369 e. The third-order valence-corrected chi connectivity index (χ3v) is 5.55. The Morgan fingerprint density at radius 1 is 1.11 bits per heavy atom. The Bertz CT molecular complexity index is 451. The van der Waals surface area contributed by atoms with Crippen molar-refractivity contribution in [2.24, 2.45) is 11.8 Å². The van der Waals surface area contributed by atoms with E-state index in [9.17, 15) is 0 Å². The maximum atomic E-state index is 6.55. The first-order chi connectivity index (χ1) is 9.28. The second-order valence-corrected chi connectivity index (χ2v) is 6.66. The summed E-state index contributed by atoms with van der Waals surface area (Å²) in [4.78, 5) is 0. The molecule has 1 spiro atoms. The van der Waals surface area contributed by atoms with Gasteiger partial charge in [-0.25, -0.2) is 0 Å². The van der Waals surface area contributed by atoms with E-state index in [2.05, 4.69) is 36.5 Å². The first-order valence-electron chi connectivity index (χ1n) is 7.73. The van der Waals surface area contributed by atoms with Crippen molar-refractivity contribution in [3.05, 3.63) is 35.4 Å². The summed E-state index contributed by atoms with van der Waals surface area (Å²) in [6.07, 6.45) is 5.46. The second kappa shape index (κ2) is 4.32. The van der Waals surface area contributed by atoms with Crippen LogP contribution in [0.5, 0.6) is 0 Å². The highest BCUT2D eigenvalue weighted by Crippen LogP contribution is 2.50. The molecule has 2 bridgehead atoms. The molecule has 1 aromatic carbocycles. The molecule has 1 aliphatic heterocycles. The van der Waals surface area contributed by atoms with Gasteiger partial charge in [0.15, 0.2) is 0 Å². The summed E-state index contributed by atoms with van der Waals surface area (Å²) in [5, 5.41) is 3.63. The van der Waals surface area contributed by atoms with Crippen molar-refractivity contribution in [2.75, 3.05) is 13.1 Å². The molecule has 2 heteroatoms. The van der Waals surface area contributed by atoms with Crippen molar-refractivity contribution >= 4 is 0 Å². The molecule has 19 heavy (non-hydrogen) atoms. The van der Waals surface area contributed by atoms with Gasteiger partial charge in [0.05, 0.1) is 11.7 Å². The maximum Gasteiger partial charge on any atom is 0.0872 e. The molecule has 2 nitrogen and oxygen atoms in total. The Labute approximate surface area is 115 Å². The van der Waals surface area contributed by atoms with E-state index in [1.807, 2.05) is 0 Å². The number of benzene rings is 1. The number of fused-ring (bicyclic) bond motifs is 1. The molecular formula is C17H23NO. The van der Waals surface area contributed by atoms with Crippen molar-refractivity contribution in [2.45, 2.75) is 44.3 Å². The molecule has 2 fully saturated rings. The predicted octanol–water partition coefficient (Wildman–Crippen LogP) is 2.56. The smallest absolute Gasteiger partial charge is 0.0872 e. The van der Waals surface area contributed by atoms with Crippen LogP contribution in [0.15, 0.2) is 24.3 Å². The quantitative estimate of drug-likeness (QED) is 0.771. The zero-order valence-electron chi connectivity index (χ0n) is 11.7. The minimum absolute atomic E-state index is 0.108. The number of morpholine rings is 1. The van der Waals surface area contributed by atoms with Crippen LogP contribution in [0.25, 0.3) is 0 Å². The Morgan fingerprint density at radius 3 is 2.32 bits per heavy atom. The topological polar surface area (TPSA) is 21.3 Å². The molecule has 0 radical (unpaired) electrons. The molecule has 1 heterocycles. The van der Waals surface area contributed by atoms with E-state index in [4.69, 9.17) is 4.74 Å². The largest absolute Gasteiger partial charge is 0.369 e. The number of rotatable bonds is 0. The molecule has 1 aromatic rings. The van der Waals surface area contributed by atoms with E-state index in [1.54, 1.807) is 11.1 Å². The Hall–Kier alpha value is -0.860. The monoisotopic (exact) mass is 257 g/mol. The summed E-state index contributed by atoms with van der Waals surface area (Å²) in [5.74, 6) is 1.41. The molecule has 3 aliphatic rings. The van der Waals surface area contributed by atoms with Gasteiger partial charge in [0, 0.05) is 13.1 Å². The van der Waals surface area contributed by atoms with Crippen molar-refractivity contribution in [1.29, 1.82) is 0 Å². The average Bonchev–Trinajstić information content (AvgIpc) is 2.62. The lowest BCUT2D eigenvalue weighted by molar-refractivity contribution is -0.151. The lowest BCUT2D eigenvalue weighted by Crippen LogP contribution is -2.58. The molecule has 3 atom stereocenters. The molecule has 4 rings (SSSR count). The Balaban J connectivity index is 1.73. The van der Waals surface area contributed by atoms with E-state index in [-0.39, 0.29) is 5.60 Å². The second-order valence-electron chi connectivity index (χ2n) is 6.66. The molecule has 2 aliphatic carbocycles. The highest BCUT2D eigenvalue weighted by atomic mass is 16.5. The van der Waals surface area contributed by atoms with E-state index >= 15 is 0 Å². The van der Waals surface area contributed by atoms with Gasteiger partial charge in [0.25, 0.3) is 0 Å². The van der Waals surface area contributed by atoms with Gasteiger partial charge in [-0.2, -0.15) is 0 Å². The minimum atomic E-state index is 0.108. The summed E-state index contributed by atoms with van der Waals surface area (Å²) in [6.45, 7) is 4.28. The van der Waals surface area contributed by atoms with Gasteiger partial charge >= 0.3 is 0 Å². The first kappa shape index (κ1) is 11.9. The molecule has 3 unspecified atom stereocenters. The molecule has 0 amide bonds. The van der Waals surface area contributed by atoms with Crippen LogP contribution in [-0.4, -0.2) is 24.8 Å². The third-order valence-electron chi connectivity index (χ3n) is 5.55. The Morgan fingerprint density at radius 2 is 1.74 bits per heavy atom. The average molecular weight is 257 g/mol. The lowest BCUT2D eigenvalue weighted by Gasteiger charge is -2.45. The zero-order valence-corrected chi connectivity index (χ0v) is 11.7. The van der Waals surface area contributed by atoms with E-state index in [0.29, 0.717) is 17.9 Å². The van der Waals surface area contributed by atoms with Gasteiger partial charge in [-0.15, -0.1) is 0 Å². The fourth-order valence-electron chi connectivity index (χ4n) is 4.67. The van der Waals surface area contributed by atoms with E-state index in [0.717, 1.165) is 13.1 Å². The molecule has 1 saturated heterocycles. The number of hydrogen-bond acceptors (Lipinski definition) is 2. The molecular weight excluding hydrogens is 234 g/mol. The van der Waals surface area contributed by atoms with Crippen LogP contribution in [-0.2, 0) is 17.6 Å². The van der Waals surface area contributed by atoms with Crippen LogP contribution in [0, 0.1) is 11.8 Å². The van der Waals surface area contributed by atoms with Crippen LogP contribution in [0.3, 0.4) is 0 Å². The SMILES string of the molecule is CC1CNCC2(O1)C1CCC2Cc2ccccc2C1. The summed E-state index contributed by atoms with van der Waals surface area (Å²) in [5.41, 5.74) is 3.24. The van der Waals surface area contributed by atoms with Crippen molar-refractivity contribution in [3.63, 3.8) is 0 Å². The predicted molar refractivity (Wildman–Crippen MR) is 76.2 cm³/mol. The fraction of sp³-hybridized carbons (Fsp3) is 0.647. The molecule has 0 aromatic heterocycles. The van der Waals surface area contributed by atoms with Gasteiger partial charge in [-0.1, -0.05) is 24.3 Å². The van der Waals surface area contributed by atoms with E-state index < -0.39 is 0 Å². The molecule has 1 N–H and O–H groups in total. The van der Waals surface area contributed by atoms with Gasteiger partial charge in [0.1, 0.15) is 0 Å². The van der Waals surface area contributed by atoms with Crippen LogP contribution in [0.1, 0.15) is 30.9 Å². The van der Waals surface area contributed by atoms with Crippen molar-refractivity contribution in [3.8, 4) is 0 Å². The standard InChI is InChI=1S/C17H23NO/c1-12-10-18-11-17(19-12)15-6-7-16(17)9-14-5-3-2-4-13(14)8-15/h2-5,12,15-16,18H,6-11H2,1H3. The normalized spacial score (nSPS) is 41.0. The Kier molecular flexibility index (Phi) is 2.71. The van der Waals surface area contributed by atoms with Crippen LogP contribution < -0.4 is 5.32 Å². The molecule has 102 valence electrons. The van der Waals surface area contributed by atoms with Gasteiger partial charge < -0.3 is 10.1 Å². The number of ether oxygens (including phenoxy) is 1.